The van der Waals surface area contributed by atoms with Gasteiger partial charge in [0.2, 0.25) is 0 Å². The number of rotatable bonds is 6. The van der Waals surface area contributed by atoms with Crippen LogP contribution in [0.25, 0.3) is 0 Å². The molecule has 7 heteroatoms. The highest BCUT2D eigenvalue weighted by atomic mass is 35.5. The van der Waals surface area contributed by atoms with E-state index in [2.05, 4.69) is 5.32 Å². The van der Waals surface area contributed by atoms with Gasteiger partial charge in [0.05, 0.1) is 27.3 Å². The van der Waals surface area contributed by atoms with E-state index in [4.69, 9.17) is 27.9 Å². The van der Waals surface area contributed by atoms with Crippen molar-refractivity contribution in [1.29, 1.82) is 0 Å². The molecule has 1 N–H and O–H groups in total. The number of nitrogens with one attached hydrogen (secondary N) is 1. The Morgan fingerprint density at radius 2 is 2.00 bits per heavy atom. The summed E-state index contributed by atoms with van der Waals surface area (Å²) in [5, 5.41) is 14.2. The van der Waals surface area contributed by atoms with Gasteiger partial charge in [-0.1, -0.05) is 30.1 Å². The summed E-state index contributed by atoms with van der Waals surface area (Å²) in [4.78, 5) is 10.1. The van der Waals surface area contributed by atoms with Crippen molar-refractivity contribution in [3.63, 3.8) is 0 Å². The highest BCUT2D eigenvalue weighted by molar-refractivity contribution is 6.39. The third-order valence-electron chi connectivity index (χ3n) is 2.32. The number of hydrogen-bond donors (Lipinski definition) is 1. The first-order valence-electron chi connectivity index (χ1n) is 5.32. The molecule has 100 valence electrons. The summed E-state index contributed by atoms with van der Waals surface area (Å²) in [5.41, 5.74) is 0.382. The van der Waals surface area contributed by atoms with Gasteiger partial charge in [0.1, 0.15) is 0 Å². The van der Waals surface area contributed by atoms with Crippen LogP contribution in [0.3, 0.4) is 0 Å². The van der Waals surface area contributed by atoms with E-state index in [-0.39, 0.29) is 21.7 Å². The number of halogens is 2. The van der Waals surface area contributed by atoms with Crippen LogP contribution in [0.1, 0.15) is 6.92 Å². The fourth-order valence-electron chi connectivity index (χ4n) is 1.45. The van der Waals surface area contributed by atoms with Gasteiger partial charge in [0.15, 0.2) is 0 Å². The summed E-state index contributed by atoms with van der Waals surface area (Å²) in [6.45, 7) is 3.23. The molecule has 0 aliphatic rings. The zero-order valence-electron chi connectivity index (χ0n) is 10.1. The minimum atomic E-state index is -0.533. The lowest BCUT2D eigenvalue weighted by Crippen LogP contribution is -2.16. The van der Waals surface area contributed by atoms with Crippen LogP contribution >= 0.6 is 23.2 Å². The Labute approximate surface area is 115 Å². The monoisotopic (exact) mass is 292 g/mol. The Hall–Kier alpha value is -1.04. The number of non-ortho nitro benzene ring substituents is 1. The number of nitro benzene ring substituents is 1. The molecule has 0 heterocycles. The van der Waals surface area contributed by atoms with Gasteiger partial charge >= 0.3 is 0 Å². The fourth-order valence-corrected chi connectivity index (χ4v) is 2.06. The Bertz CT molecular complexity index is 417. The number of hydrogen-bond acceptors (Lipinski definition) is 4. The van der Waals surface area contributed by atoms with Crippen molar-refractivity contribution in [1.82, 2.24) is 0 Å². The average Bonchev–Trinajstić information content (AvgIpc) is 2.27. The molecule has 1 rings (SSSR count). The van der Waals surface area contributed by atoms with Crippen LogP contribution in [0.2, 0.25) is 10.0 Å². The van der Waals surface area contributed by atoms with Crippen LogP contribution < -0.4 is 5.32 Å². The van der Waals surface area contributed by atoms with E-state index < -0.39 is 4.92 Å². The normalized spacial score (nSPS) is 12.2. The fraction of sp³-hybridized carbons (Fsp3) is 0.455. The molecule has 1 atom stereocenters. The molecular formula is C11H14Cl2N2O3. The maximum atomic E-state index is 10.6. The van der Waals surface area contributed by atoms with Crippen LogP contribution in [-0.2, 0) is 4.74 Å². The first kappa shape index (κ1) is 15.0. The van der Waals surface area contributed by atoms with E-state index in [0.717, 1.165) is 0 Å². The zero-order chi connectivity index (χ0) is 13.7. The Morgan fingerprint density at radius 1 is 1.44 bits per heavy atom. The second-order valence-corrected chi connectivity index (χ2v) is 4.80. The van der Waals surface area contributed by atoms with Gasteiger partial charge in [-0.3, -0.25) is 10.1 Å². The summed E-state index contributed by atoms with van der Waals surface area (Å²) in [6, 6.07) is 2.55. The van der Waals surface area contributed by atoms with Gasteiger partial charge in [-0.05, 0) is 5.92 Å². The highest BCUT2D eigenvalue weighted by Crippen LogP contribution is 2.34. The first-order chi connectivity index (χ1) is 8.45. The highest BCUT2D eigenvalue weighted by Gasteiger charge is 2.14. The molecule has 1 unspecified atom stereocenters. The summed E-state index contributed by atoms with van der Waals surface area (Å²) >= 11 is 11.9. The van der Waals surface area contributed by atoms with Gasteiger partial charge in [-0.25, -0.2) is 0 Å². The minimum absolute atomic E-state index is 0.125. The summed E-state index contributed by atoms with van der Waals surface area (Å²) in [7, 11) is 1.63. The molecule has 1 aromatic rings. The van der Waals surface area contributed by atoms with Crippen molar-refractivity contribution in [2.45, 2.75) is 6.92 Å². The molecular weight excluding hydrogens is 279 g/mol. The number of methoxy groups -OCH3 is 1. The summed E-state index contributed by atoms with van der Waals surface area (Å²) in [5.74, 6) is 0.275. The van der Waals surface area contributed by atoms with Gasteiger partial charge in [-0.2, -0.15) is 0 Å². The number of ether oxygens (including phenoxy) is 1. The Balaban J connectivity index is 2.81. The number of benzene rings is 1. The lowest BCUT2D eigenvalue weighted by Gasteiger charge is -2.14. The van der Waals surface area contributed by atoms with E-state index in [1.54, 1.807) is 7.11 Å². The summed E-state index contributed by atoms with van der Waals surface area (Å²) < 4.78 is 5.01. The van der Waals surface area contributed by atoms with E-state index in [0.29, 0.717) is 18.8 Å². The largest absolute Gasteiger partial charge is 0.384 e. The topological polar surface area (TPSA) is 64.4 Å². The molecule has 0 aromatic heterocycles. The number of nitro groups is 1. The number of anilines is 1. The molecule has 0 radical (unpaired) electrons. The quantitative estimate of drug-likeness (QED) is 0.643. The predicted octanol–water partition coefficient (Wildman–Crippen LogP) is 3.60. The molecule has 0 aliphatic heterocycles. The lowest BCUT2D eigenvalue weighted by molar-refractivity contribution is -0.384. The van der Waals surface area contributed by atoms with Gasteiger partial charge < -0.3 is 10.1 Å². The molecule has 1 aromatic carbocycles. The third-order valence-corrected chi connectivity index (χ3v) is 2.91. The second-order valence-electron chi connectivity index (χ2n) is 3.98. The van der Waals surface area contributed by atoms with Crippen LogP contribution in [0.5, 0.6) is 0 Å². The maximum absolute atomic E-state index is 10.6. The molecule has 0 amide bonds. The molecule has 18 heavy (non-hydrogen) atoms. The van der Waals surface area contributed by atoms with Crippen molar-refractivity contribution >= 4 is 34.6 Å². The molecule has 0 saturated heterocycles. The Kier molecular flexibility index (Phi) is 5.65. The van der Waals surface area contributed by atoms with Gasteiger partial charge in [0.25, 0.3) is 5.69 Å². The van der Waals surface area contributed by atoms with E-state index in [1.807, 2.05) is 6.92 Å². The van der Waals surface area contributed by atoms with Crippen molar-refractivity contribution in [3.8, 4) is 0 Å². The van der Waals surface area contributed by atoms with Crippen LogP contribution in [0.4, 0.5) is 11.4 Å². The molecule has 5 nitrogen and oxygen atoms in total. The van der Waals surface area contributed by atoms with Gasteiger partial charge in [-0.15, -0.1) is 0 Å². The molecule has 0 saturated carbocycles. The standard InChI is InChI=1S/C11H14Cl2N2O3/c1-7(6-18-2)5-14-11-9(12)3-8(15(16)17)4-10(11)13/h3-4,7,14H,5-6H2,1-2H3. The summed E-state index contributed by atoms with van der Waals surface area (Å²) in [6.07, 6.45) is 0. The van der Waals surface area contributed by atoms with Crippen LogP contribution in [-0.4, -0.2) is 25.2 Å². The molecule has 0 bridgehead atoms. The van der Waals surface area contributed by atoms with Crippen molar-refractivity contribution < 1.29 is 9.66 Å². The average molecular weight is 293 g/mol. The van der Waals surface area contributed by atoms with E-state index >= 15 is 0 Å². The van der Waals surface area contributed by atoms with Gasteiger partial charge in [0, 0.05) is 25.8 Å². The SMILES string of the molecule is COCC(C)CNc1c(Cl)cc([N+](=O)[O-])cc1Cl. The van der Waals surface area contributed by atoms with Crippen LogP contribution in [0, 0.1) is 16.0 Å². The van der Waals surface area contributed by atoms with Crippen molar-refractivity contribution in [3.05, 3.63) is 32.3 Å². The molecule has 0 fully saturated rings. The predicted molar refractivity (Wildman–Crippen MR) is 72.6 cm³/mol. The smallest absolute Gasteiger partial charge is 0.272 e. The maximum Gasteiger partial charge on any atom is 0.272 e. The van der Waals surface area contributed by atoms with Crippen molar-refractivity contribution in [2.75, 3.05) is 25.6 Å². The zero-order valence-corrected chi connectivity index (χ0v) is 11.6. The van der Waals surface area contributed by atoms with E-state index in [9.17, 15) is 10.1 Å². The third kappa shape index (κ3) is 4.01. The minimum Gasteiger partial charge on any atom is -0.384 e. The molecule has 0 spiro atoms. The van der Waals surface area contributed by atoms with Crippen molar-refractivity contribution in [2.24, 2.45) is 5.92 Å². The van der Waals surface area contributed by atoms with Crippen LogP contribution in [0.15, 0.2) is 12.1 Å². The first-order valence-corrected chi connectivity index (χ1v) is 6.07. The lowest BCUT2D eigenvalue weighted by atomic mass is 10.2. The molecule has 0 aliphatic carbocycles. The second kappa shape index (κ2) is 6.78. The Morgan fingerprint density at radius 3 is 2.44 bits per heavy atom. The number of nitrogens with zero attached hydrogens (tertiary/aromatic N) is 1. The van der Waals surface area contributed by atoms with E-state index in [1.165, 1.54) is 12.1 Å².